The van der Waals surface area contributed by atoms with E-state index in [1.54, 1.807) is 18.2 Å². The summed E-state index contributed by atoms with van der Waals surface area (Å²) in [5.74, 6) is -1.49. The molecule has 1 saturated heterocycles. The zero-order valence-electron chi connectivity index (χ0n) is 20.6. The molecule has 4 amide bonds. The molecule has 4 rings (SSSR count). The van der Waals surface area contributed by atoms with Gasteiger partial charge in [0.1, 0.15) is 17.1 Å². The van der Waals surface area contributed by atoms with Crippen molar-refractivity contribution in [2.75, 3.05) is 23.5 Å². The molecule has 2 aromatic rings. The van der Waals surface area contributed by atoms with E-state index in [2.05, 4.69) is 37.9 Å². The number of urea groups is 1. The SMILES string of the molecule is CCCN1c2cc(F)c(/C=C3/C(=O)NC(=O)N(c4ccc(OC)cc4)C3=O)cc2C(C)CC1(C)C. The number of hydrogen-bond donors (Lipinski definition) is 1. The third-order valence-corrected chi connectivity index (χ3v) is 6.68. The van der Waals surface area contributed by atoms with Gasteiger partial charge in [0.15, 0.2) is 0 Å². The number of ether oxygens (including phenoxy) is 1. The van der Waals surface area contributed by atoms with E-state index < -0.39 is 23.7 Å². The van der Waals surface area contributed by atoms with Crippen molar-refractivity contribution in [1.29, 1.82) is 0 Å². The average molecular weight is 480 g/mol. The van der Waals surface area contributed by atoms with Crippen LogP contribution in [-0.2, 0) is 9.59 Å². The fourth-order valence-electron chi connectivity index (χ4n) is 5.06. The first-order chi connectivity index (χ1) is 16.6. The van der Waals surface area contributed by atoms with Crippen LogP contribution < -0.4 is 19.9 Å². The van der Waals surface area contributed by atoms with Crippen LogP contribution in [0.15, 0.2) is 42.0 Å². The van der Waals surface area contributed by atoms with Crippen LogP contribution in [0.4, 0.5) is 20.6 Å². The minimum Gasteiger partial charge on any atom is -0.497 e. The lowest BCUT2D eigenvalue weighted by atomic mass is 9.79. The Labute approximate surface area is 204 Å². The van der Waals surface area contributed by atoms with E-state index in [1.165, 1.54) is 31.4 Å². The zero-order chi connectivity index (χ0) is 25.5. The van der Waals surface area contributed by atoms with Gasteiger partial charge in [-0.05, 0) is 80.6 Å². The highest BCUT2D eigenvalue weighted by atomic mass is 19.1. The van der Waals surface area contributed by atoms with Gasteiger partial charge < -0.3 is 9.64 Å². The molecule has 184 valence electrons. The van der Waals surface area contributed by atoms with Crippen molar-refractivity contribution in [3.05, 3.63) is 58.9 Å². The number of barbiturate groups is 1. The predicted molar refractivity (Wildman–Crippen MR) is 133 cm³/mol. The molecular formula is C27H30FN3O4. The molecule has 0 saturated carbocycles. The van der Waals surface area contributed by atoms with Gasteiger partial charge in [0.2, 0.25) is 0 Å². The van der Waals surface area contributed by atoms with Crippen molar-refractivity contribution in [2.24, 2.45) is 0 Å². The number of halogens is 1. The first kappa shape index (κ1) is 24.4. The van der Waals surface area contributed by atoms with Gasteiger partial charge in [0, 0.05) is 23.3 Å². The lowest BCUT2D eigenvalue weighted by Gasteiger charge is -2.47. The quantitative estimate of drug-likeness (QED) is 0.482. The van der Waals surface area contributed by atoms with Gasteiger partial charge in [-0.2, -0.15) is 0 Å². The smallest absolute Gasteiger partial charge is 0.335 e. The van der Waals surface area contributed by atoms with Crippen molar-refractivity contribution >= 4 is 35.3 Å². The topological polar surface area (TPSA) is 79.0 Å². The summed E-state index contributed by atoms with van der Waals surface area (Å²) in [6, 6.07) is 8.62. The molecule has 2 aliphatic heterocycles. The third kappa shape index (κ3) is 4.40. The molecule has 1 N–H and O–H groups in total. The lowest BCUT2D eigenvalue weighted by Crippen LogP contribution is -2.54. The second-order valence-corrected chi connectivity index (χ2v) is 9.66. The molecule has 0 aliphatic carbocycles. The molecule has 2 heterocycles. The summed E-state index contributed by atoms with van der Waals surface area (Å²) < 4.78 is 20.5. The minimum absolute atomic E-state index is 0.118. The first-order valence-electron chi connectivity index (χ1n) is 11.7. The number of amides is 4. The van der Waals surface area contributed by atoms with Crippen molar-refractivity contribution in [3.63, 3.8) is 0 Å². The number of hydrogen-bond acceptors (Lipinski definition) is 5. The molecule has 0 aromatic heterocycles. The van der Waals surface area contributed by atoms with E-state index in [0.29, 0.717) is 5.75 Å². The van der Waals surface area contributed by atoms with Crippen molar-refractivity contribution in [1.82, 2.24) is 5.32 Å². The Morgan fingerprint density at radius 3 is 2.49 bits per heavy atom. The Bertz CT molecular complexity index is 1220. The Hall–Kier alpha value is -3.68. The van der Waals surface area contributed by atoms with Gasteiger partial charge in [-0.1, -0.05) is 13.8 Å². The molecule has 35 heavy (non-hydrogen) atoms. The molecular weight excluding hydrogens is 449 g/mol. The Morgan fingerprint density at radius 2 is 1.86 bits per heavy atom. The normalized spacial score (nSPS) is 20.7. The summed E-state index contributed by atoms with van der Waals surface area (Å²) in [5.41, 5.74) is 1.78. The van der Waals surface area contributed by atoms with Gasteiger partial charge >= 0.3 is 6.03 Å². The Kier molecular flexibility index (Phi) is 6.40. The second-order valence-electron chi connectivity index (χ2n) is 9.66. The number of nitrogens with one attached hydrogen (secondary N) is 1. The second kappa shape index (κ2) is 9.17. The fourth-order valence-corrected chi connectivity index (χ4v) is 5.06. The number of anilines is 2. The summed E-state index contributed by atoms with van der Waals surface area (Å²) in [4.78, 5) is 41.3. The maximum Gasteiger partial charge on any atom is 0.335 e. The third-order valence-electron chi connectivity index (χ3n) is 6.68. The van der Waals surface area contributed by atoms with Gasteiger partial charge in [-0.3, -0.25) is 14.9 Å². The zero-order valence-corrected chi connectivity index (χ0v) is 20.6. The number of carbonyl (C=O) groups is 3. The van der Waals surface area contributed by atoms with Crippen molar-refractivity contribution in [2.45, 2.75) is 52.0 Å². The van der Waals surface area contributed by atoms with Gasteiger partial charge in [0.25, 0.3) is 11.8 Å². The van der Waals surface area contributed by atoms with E-state index in [0.717, 1.165) is 35.5 Å². The standard InChI is InChI=1S/C27H30FN3O4/c1-6-11-30-23-14-22(28)17(12-20(23)16(2)15-27(30,3)4)13-21-24(32)29-26(34)31(25(21)33)18-7-9-19(35-5)10-8-18/h7-10,12-14,16H,6,11,15H2,1-5H3,(H,29,32,34)/b21-13-. The van der Waals surface area contributed by atoms with Gasteiger partial charge in [0.05, 0.1) is 12.8 Å². The molecule has 1 unspecified atom stereocenters. The highest BCUT2D eigenvalue weighted by molar-refractivity contribution is 6.39. The molecule has 1 atom stereocenters. The molecule has 1 fully saturated rings. The predicted octanol–water partition coefficient (Wildman–Crippen LogP) is 5.00. The first-order valence-corrected chi connectivity index (χ1v) is 11.7. The summed E-state index contributed by atoms with van der Waals surface area (Å²) in [7, 11) is 1.50. The van der Waals surface area contributed by atoms with Crippen molar-refractivity contribution in [3.8, 4) is 5.75 Å². The van der Waals surface area contributed by atoms with Crippen LogP contribution in [0, 0.1) is 5.82 Å². The highest BCUT2D eigenvalue weighted by Crippen LogP contribution is 2.44. The summed E-state index contributed by atoms with van der Waals surface area (Å²) in [6.45, 7) is 9.30. The molecule has 8 heteroatoms. The highest BCUT2D eigenvalue weighted by Gasteiger charge is 2.39. The van der Waals surface area contributed by atoms with Crippen LogP contribution in [0.25, 0.3) is 6.08 Å². The fraction of sp³-hybridized carbons (Fsp3) is 0.370. The number of benzene rings is 2. The summed E-state index contributed by atoms with van der Waals surface area (Å²) in [6.07, 6.45) is 3.04. The van der Waals surface area contributed by atoms with Crippen LogP contribution in [0.5, 0.6) is 5.75 Å². The van der Waals surface area contributed by atoms with Crippen LogP contribution in [0.1, 0.15) is 57.6 Å². The molecule has 2 aliphatic rings. The summed E-state index contributed by atoms with van der Waals surface area (Å²) in [5, 5.41) is 2.18. The Balaban J connectivity index is 1.75. The van der Waals surface area contributed by atoms with Crippen LogP contribution in [-0.4, -0.2) is 37.0 Å². The maximum atomic E-state index is 15.4. The number of methoxy groups -OCH3 is 1. The average Bonchev–Trinajstić information content (AvgIpc) is 2.80. The number of carbonyl (C=O) groups excluding carboxylic acids is 3. The molecule has 0 spiro atoms. The lowest BCUT2D eigenvalue weighted by molar-refractivity contribution is -0.122. The van der Waals surface area contributed by atoms with Crippen LogP contribution >= 0.6 is 0 Å². The number of nitrogens with zero attached hydrogens (tertiary/aromatic N) is 2. The number of fused-ring (bicyclic) bond motifs is 1. The number of rotatable bonds is 5. The van der Waals surface area contributed by atoms with Crippen molar-refractivity contribution < 1.29 is 23.5 Å². The van der Waals surface area contributed by atoms with Crippen LogP contribution in [0.2, 0.25) is 0 Å². The van der Waals surface area contributed by atoms with Gasteiger partial charge in [-0.15, -0.1) is 0 Å². The molecule has 0 bridgehead atoms. The number of imide groups is 2. The van der Waals surface area contributed by atoms with Crippen LogP contribution in [0.3, 0.4) is 0 Å². The molecule has 0 radical (unpaired) electrons. The molecule has 7 nitrogen and oxygen atoms in total. The van der Waals surface area contributed by atoms with E-state index in [1.807, 2.05) is 0 Å². The Morgan fingerprint density at radius 1 is 1.17 bits per heavy atom. The monoisotopic (exact) mass is 479 g/mol. The summed E-state index contributed by atoms with van der Waals surface area (Å²) >= 11 is 0. The molecule has 2 aromatic carbocycles. The minimum atomic E-state index is -0.862. The van der Waals surface area contributed by atoms with E-state index in [-0.39, 0.29) is 28.3 Å². The van der Waals surface area contributed by atoms with E-state index >= 15 is 4.39 Å². The van der Waals surface area contributed by atoms with E-state index in [9.17, 15) is 14.4 Å². The van der Waals surface area contributed by atoms with E-state index in [4.69, 9.17) is 4.74 Å². The van der Waals surface area contributed by atoms with Gasteiger partial charge in [-0.25, -0.2) is 14.1 Å². The maximum absolute atomic E-state index is 15.4. The largest absolute Gasteiger partial charge is 0.497 e.